The first-order chi connectivity index (χ1) is 9.45. The summed E-state index contributed by atoms with van der Waals surface area (Å²) in [6.07, 6.45) is 0.0666. The van der Waals surface area contributed by atoms with E-state index in [-0.39, 0.29) is 21.4 Å². The molecule has 9 heteroatoms. The Hall–Kier alpha value is -2.03. The van der Waals surface area contributed by atoms with Crippen LogP contribution in [-0.4, -0.2) is 27.1 Å². The fourth-order valence-electron chi connectivity index (χ4n) is 1.45. The molecule has 0 aromatic carbocycles. The molecule has 6 nitrogen and oxygen atoms in total. The van der Waals surface area contributed by atoms with Gasteiger partial charge in [-0.3, -0.25) is 14.3 Å². The highest BCUT2D eigenvalue weighted by molar-refractivity contribution is 9.10. The number of aromatic nitrogens is 3. The van der Waals surface area contributed by atoms with Gasteiger partial charge in [0.2, 0.25) is 0 Å². The Labute approximate surface area is 119 Å². The first-order valence-corrected chi connectivity index (χ1v) is 6.26. The molecule has 2 heterocycles. The molecule has 0 atom stereocenters. The summed E-state index contributed by atoms with van der Waals surface area (Å²) in [5.74, 6) is -0.359. The van der Waals surface area contributed by atoms with Crippen LogP contribution in [0.4, 0.5) is 14.6 Å². The first kappa shape index (κ1) is 14.4. The van der Waals surface area contributed by atoms with Crippen molar-refractivity contribution < 1.29 is 13.6 Å². The number of nitrogens with one attached hydrogen (secondary N) is 2. The van der Waals surface area contributed by atoms with E-state index >= 15 is 0 Å². The van der Waals surface area contributed by atoms with Crippen molar-refractivity contribution in [1.82, 2.24) is 14.8 Å². The summed E-state index contributed by atoms with van der Waals surface area (Å²) in [5.41, 5.74) is -0.150. The minimum absolute atomic E-state index is 0.151. The monoisotopic (exact) mass is 346 g/mol. The number of alkyl halides is 2. The predicted octanol–water partition coefficient (Wildman–Crippen LogP) is 1.85. The lowest BCUT2D eigenvalue weighted by molar-refractivity contribution is 0.102. The summed E-state index contributed by atoms with van der Waals surface area (Å²) >= 11 is 3.00. The second-order valence-corrected chi connectivity index (χ2v) is 4.69. The van der Waals surface area contributed by atoms with Gasteiger partial charge in [-0.2, -0.15) is 5.10 Å². The number of carbonyl (C=O) groups excluding carboxylic acids is 1. The molecule has 0 radical (unpaired) electrons. The van der Waals surface area contributed by atoms with E-state index in [1.807, 2.05) is 0 Å². The maximum atomic E-state index is 12.2. The van der Waals surface area contributed by atoms with Gasteiger partial charge in [0.1, 0.15) is 6.54 Å². The van der Waals surface area contributed by atoms with Gasteiger partial charge in [-0.25, -0.2) is 8.78 Å². The Morgan fingerprint density at radius 3 is 2.95 bits per heavy atom. The standard InChI is InChI=1S/C11H9BrF2N4O2/c12-7-3-6(4-15-11(7)20)10(19)16-9-1-2-18(17-9)5-8(13)14/h1-4,8H,5H2,(H,15,20)(H,16,17,19). The van der Waals surface area contributed by atoms with Crippen molar-refractivity contribution in [1.29, 1.82) is 0 Å². The number of hydrogen-bond acceptors (Lipinski definition) is 3. The van der Waals surface area contributed by atoms with Crippen molar-refractivity contribution in [3.63, 3.8) is 0 Å². The second-order valence-electron chi connectivity index (χ2n) is 3.83. The minimum Gasteiger partial charge on any atom is -0.327 e. The SMILES string of the molecule is O=C(Nc1ccn(CC(F)F)n1)c1c[nH]c(=O)c(Br)c1. The fraction of sp³-hybridized carbons (Fsp3) is 0.182. The van der Waals surface area contributed by atoms with Crippen molar-refractivity contribution in [3.8, 4) is 0 Å². The number of nitrogens with zero attached hydrogens (tertiary/aromatic N) is 2. The topological polar surface area (TPSA) is 79.8 Å². The van der Waals surface area contributed by atoms with E-state index in [1.165, 1.54) is 24.5 Å². The Bertz CT molecular complexity index is 683. The Kier molecular flexibility index (Phi) is 4.28. The van der Waals surface area contributed by atoms with Crippen LogP contribution < -0.4 is 10.9 Å². The van der Waals surface area contributed by atoms with Crippen LogP contribution in [0.2, 0.25) is 0 Å². The molecule has 0 spiro atoms. The molecular weight excluding hydrogens is 338 g/mol. The average Bonchev–Trinajstić information content (AvgIpc) is 2.79. The van der Waals surface area contributed by atoms with Crippen LogP contribution in [0.5, 0.6) is 0 Å². The predicted molar refractivity (Wildman–Crippen MR) is 70.9 cm³/mol. The molecule has 2 aromatic rings. The summed E-state index contributed by atoms with van der Waals surface area (Å²) in [6, 6.07) is 2.76. The van der Waals surface area contributed by atoms with Crippen molar-refractivity contribution >= 4 is 27.7 Å². The summed E-state index contributed by atoms with van der Waals surface area (Å²) in [5, 5.41) is 6.22. The summed E-state index contributed by atoms with van der Waals surface area (Å²) in [4.78, 5) is 25.4. The first-order valence-electron chi connectivity index (χ1n) is 5.47. The zero-order chi connectivity index (χ0) is 14.7. The zero-order valence-electron chi connectivity index (χ0n) is 9.94. The third kappa shape index (κ3) is 3.50. The quantitative estimate of drug-likeness (QED) is 0.886. The van der Waals surface area contributed by atoms with Crippen molar-refractivity contribution in [3.05, 3.63) is 44.9 Å². The van der Waals surface area contributed by atoms with Gasteiger partial charge in [0.05, 0.1) is 10.0 Å². The largest absolute Gasteiger partial charge is 0.327 e. The molecule has 2 rings (SSSR count). The number of hydrogen-bond donors (Lipinski definition) is 2. The molecule has 0 fully saturated rings. The minimum atomic E-state index is -2.52. The van der Waals surface area contributed by atoms with Gasteiger partial charge in [-0.1, -0.05) is 0 Å². The Balaban J connectivity index is 2.09. The van der Waals surface area contributed by atoms with Crippen molar-refractivity contribution in [2.75, 3.05) is 5.32 Å². The van der Waals surface area contributed by atoms with Gasteiger partial charge in [0.25, 0.3) is 17.9 Å². The highest BCUT2D eigenvalue weighted by Gasteiger charge is 2.11. The van der Waals surface area contributed by atoms with Crippen LogP contribution in [0.1, 0.15) is 10.4 Å². The van der Waals surface area contributed by atoms with Crippen LogP contribution in [0, 0.1) is 0 Å². The molecule has 20 heavy (non-hydrogen) atoms. The lowest BCUT2D eigenvalue weighted by atomic mass is 10.3. The molecule has 0 saturated carbocycles. The number of pyridine rings is 1. The van der Waals surface area contributed by atoms with Crippen LogP contribution >= 0.6 is 15.9 Å². The highest BCUT2D eigenvalue weighted by atomic mass is 79.9. The fourth-order valence-corrected chi connectivity index (χ4v) is 1.81. The van der Waals surface area contributed by atoms with Crippen LogP contribution in [0.15, 0.2) is 33.8 Å². The van der Waals surface area contributed by atoms with Crippen LogP contribution in [0.25, 0.3) is 0 Å². The van der Waals surface area contributed by atoms with Gasteiger partial charge in [-0.15, -0.1) is 0 Å². The van der Waals surface area contributed by atoms with Crippen molar-refractivity contribution in [2.24, 2.45) is 0 Å². The molecule has 0 bridgehead atoms. The number of carbonyl (C=O) groups is 1. The molecule has 2 N–H and O–H groups in total. The maximum Gasteiger partial charge on any atom is 0.262 e. The van der Waals surface area contributed by atoms with E-state index in [4.69, 9.17) is 0 Å². The van der Waals surface area contributed by atoms with Gasteiger partial charge in [-0.05, 0) is 22.0 Å². The molecule has 0 unspecified atom stereocenters. The highest BCUT2D eigenvalue weighted by Crippen LogP contribution is 2.09. The van der Waals surface area contributed by atoms with Crippen LogP contribution in [0.3, 0.4) is 0 Å². The molecule has 0 aliphatic carbocycles. The zero-order valence-corrected chi connectivity index (χ0v) is 11.5. The molecule has 1 amide bonds. The molecule has 106 valence electrons. The lowest BCUT2D eigenvalue weighted by Gasteiger charge is -2.02. The molecule has 2 aromatic heterocycles. The molecular formula is C11H9BrF2N4O2. The molecule has 0 aliphatic rings. The average molecular weight is 347 g/mol. The Morgan fingerprint density at radius 2 is 2.30 bits per heavy atom. The van der Waals surface area contributed by atoms with Crippen molar-refractivity contribution in [2.45, 2.75) is 13.0 Å². The third-order valence-corrected chi connectivity index (χ3v) is 2.92. The van der Waals surface area contributed by atoms with E-state index in [9.17, 15) is 18.4 Å². The maximum absolute atomic E-state index is 12.2. The number of halogens is 3. The van der Waals surface area contributed by atoms with E-state index in [2.05, 4.69) is 31.3 Å². The van der Waals surface area contributed by atoms with Gasteiger partial charge in [0.15, 0.2) is 5.82 Å². The van der Waals surface area contributed by atoms with E-state index in [0.717, 1.165) is 4.68 Å². The second kappa shape index (κ2) is 5.95. The smallest absolute Gasteiger partial charge is 0.262 e. The van der Waals surface area contributed by atoms with Gasteiger partial charge in [0, 0.05) is 18.5 Å². The van der Waals surface area contributed by atoms with Gasteiger partial charge < -0.3 is 10.3 Å². The normalized spacial score (nSPS) is 10.8. The summed E-state index contributed by atoms with van der Waals surface area (Å²) in [6.45, 7) is -0.542. The number of aromatic amines is 1. The number of H-pyrrole nitrogens is 1. The number of amides is 1. The van der Waals surface area contributed by atoms with Gasteiger partial charge >= 0.3 is 0 Å². The van der Waals surface area contributed by atoms with E-state index in [0.29, 0.717) is 0 Å². The molecule has 0 aliphatic heterocycles. The Morgan fingerprint density at radius 1 is 1.55 bits per heavy atom. The van der Waals surface area contributed by atoms with E-state index in [1.54, 1.807) is 0 Å². The van der Waals surface area contributed by atoms with E-state index < -0.39 is 18.9 Å². The third-order valence-electron chi connectivity index (χ3n) is 2.33. The summed E-state index contributed by atoms with van der Waals surface area (Å²) < 4.78 is 25.6. The number of rotatable bonds is 4. The van der Waals surface area contributed by atoms with Crippen LogP contribution in [-0.2, 0) is 6.54 Å². The lowest BCUT2D eigenvalue weighted by Crippen LogP contribution is -2.16. The number of anilines is 1. The molecule has 0 saturated heterocycles. The summed E-state index contributed by atoms with van der Waals surface area (Å²) in [7, 11) is 0.